The topological polar surface area (TPSA) is 42.7 Å². The molecule has 1 N–H and O–H groups in total. The normalized spacial score (nSPS) is 23.3. The summed E-state index contributed by atoms with van der Waals surface area (Å²) in [4.78, 5) is 3.94. The Kier molecular flexibility index (Phi) is 3.78. The molecule has 1 aliphatic rings. The van der Waals surface area contributed by atoms with E-state index in [2.05, 4.69) is 22.3 Å². The molecule has 1 saturated carbocycles. The van der Waals surface area contributed by atoms with Gasteiger partial charge < -0.3 is 5.32 Å². The smallest absolute Gasteiger partial charge is 0.137 e. The summed E-state index contributed by atoms with van der Waals surface area (Å²) in [7, 11) is 0. The second kappa shape index (κ2) is 5.71. The first-order chi connectivity index (χ1) is 9.70. The Morgan fingerprint density at radius 2 is 2.10 bits per heavy atom. The first-order valence-corrected chi connectivity index (χ1v) is 7.04. The van der Waals surface area contributed by atoms with E-state index in [1.54, 1.807) is 24.8 Å². The van der Waals surface area contributed by atoms with E-state index < -0.39 is 0 Å². The predicted molar refractivity (Wildman–Crippen MR) is 74.8 cm³/mol. The zero-order valence-corrected chi connectivity index (χ0v) is 11.5. The molecule has 3 rings (SSSR count). The highest BCUT2D eigenvalue weighted by Gasteiger charge is 2.30. The molecule has 2 aromatic rings. The van der Waals surface area contributed by atoms with Crippen molar-refractivity contribution >= 4 is 0 Å². The van der Waals surface area contributed by atoms with Crippen molar-refractivity contribution < 1.29 is 4.39 Å². The minimum atomic E-state index is -0.163. The molecule has 0 bridgehead atoms. The SMILES string of the molecule is C[C@H](Cn1cncn1)NC1CC(c2ccc(F)cc2)C1. The summed E-state index contributed by atoms with van der Waals surface area (Å²) in [6.07, 6.45) is 5.53. The number of hydrogen-bond acceptors (Lipinski definition) is 3. The molecule has 0 aliphatic heterocycles. The summed E-state index contributed by atoms with van der Waals surface area (Å²) < 4.78 is 14.7. The number of hydrogen-bond donors (Lipinski definition) is 1. The van der Waals surface area contributed by atoms with Gasteiger partial charge in [-0.1, -0.05) is 12.1 Å². The molecule has 5 heteroatoms. The fourth-order valence-electron chi connectivity index (χ4n) is 2.82. The number of nitrogens with one attached hydrogen (secondary N) is 1. The van der Waals surface area contributed by atoms with Crippen molar-refractivity contribution in [1.82, 2.24) is 20.1 Å². The Balaban J connectivity index is 1.45. The largest absolute Gasteiger partial charge is 0.310 e. The molecule has 20 heavy (non-hydrogen) atoms. The van der Waals surface area contributed by atoms with Crippen molar-refractivity contribution in [2.75, 3.05) is 0 Å². The average Bonchev–Trinajstić information content (AvgIpc) is 2.87. The zero-order chi connectivity index (χ0) is 13.9. The monoisotopic (exact) mass is 274 g/mol. The third-order valence-electron chi connectivity index (χ3n) is 3.93. The highest BCUT2D eigenvalue weighted by molar-refractivity contribution is 5.23. The Morgan fingerprint density at radius 1 is 1.35 bits per heavy atom. The third kappa shape index (κ3) is 3.04. The number of benzene rings is 1. The second-order valence-corrected chi connectivity index (χ2v) is 5.60. The van der Waals surface area contributed by atoms with Gasteiger partial charge in [-0.15, -0.1) is 0 Å². The lowest BCUT2D eigenvalue weighted by molar-refractivity contribution is 0.258. The van der Waals surface area contributed by atoms with Crippen LogP contribution in [-0.2, 0) is 6.54 Å². The molecule has 1 heterocycles. The molecule has 1 atom stereocenters. The lowest BCUT2D eigenvalue weighted by Crippen LogP contribution is -2.45. The highest BCUT2D eigenvalue weighted by atomic mass is 19.1. The van der Waals surface area contributed by atoms with Crippen molar-refractivity contribution in [2.45, 2.75) is 44.3 Å². The molecule has 0 radical (unpaired) electrons. The van der Waals surface area contributed by atoms with Crippen LogP contribution in [-0.4, -0.2) is 26.8 Å². The van der Waals surface area contributed by atoms with E-state index >= 15 is 0 Å². The molecule has 106 valence electrons. The summed E-state index contributed by atoms with van der Waals surface area (Å²) in [5.41, 5.74) is 1.24. The van der Waals surface area contributed by atoms with Crippen LogP contribution in [0.5, 0.6) is 0 Å². The summed E-state index contributed by atoms with van der Waals surface area (Å²) >= 11 is 0. The molecule has 0 unspecified atom stereocenters. The number of aromatic nitrogens is 3. The molecule has 1 aliphatic carbocycles. The fourth-order valence-corrected chi connectivity index (χ4v) is 2.82. The van der Waals surface area contributed by atoms with Gasteiger partial charge in [-0.25, -0.2) is 9.37 Å². The van der Waals surface area contributed by atoms with Gasteiger partial charge in [-0.3, -0.25) is 4.68 Å². The van der Waals surface area contributed by atoms with Crippen LogP contribution >= 0.6 is 0 Å². The summed E-state index contributed by atoms with van der Waals surface area (Å²) in [5, 5.41) is 7.71. The average molecular weight is 274 g/mol. The summed E-state index contributed by atoms with van der Waals surface area (Å²) in [6, 6.07) is 7.80. The van der Waals surface area contributed by atoms with Crippen LogP contribution in [0.1, 0.15) is 31.2 Å². The first kappa shape index (κ1) is 13.2. The van der Waals surface area contributed by atoms with Gasteiger partial charge in [0.2, 0.25) is 0 Å². The quantitative estimate of drug-likeness (QED) is 0.910. The van der Waals surface area contributed by atoms with Crippen molar-refractivity contribution in [3.8, 4) is 0 Å². The summed E-state index contributed by atoms with van der Waals surface area (Å²) in [6.45, 7) is 2.99. The fraction of sp³-hybridized carbons (Fsp3) is 0.467. The van der Waals surface area contributed by atoms with Gasteiger partial charge in [0.15, 0.2) is 0 Å². The lowest BCUT2D eigenvalue weighted by Gasteiger charge is -2.38. The first-order valence-electron chi connectivity index (χ1n) is 7.04. The maximum absolute atomic E-state index is 12.9. The Hall–Kier alpha value is -1.75. The number of rotatable bonds is 5. The van der Waals surface area contributed by atoms with Crippen molar-refractivity contribution in [3.05, 3.63) is 48.3 Å². The molecule has 0 amide bonds. The molecule has 1 aromatic heterocycles. The highest BCUT2D eigenvalue weighted by Crippen LogP contribution is 2.37. The molecule has 0 spiro atoms. The maximum atomic E-state index is 12.9. The Morgan fingerprint density at radius 3 is 2.75 bits per heavy atom. The summed E-state index contributed by atoms with van der Waals surface area (Å²) in [5.74, 6) is 0.399. The van der Waals surface area contributed by atoms with Crippen LogP contribution in [0.4, 0.5) is 4.39 Å². The van der Waals surface area contributed by atoms with Crippen molar-refractivity contribution in [2.24, 2.45) is 0 Å². The van der Waals surface area contributed by atoms with E-state index in [-0.39, 0.29) is 5.82 Å². The van der Waals surface area contributed by atoms with Gasteiger partial charge in [0, 0.05) is 12.1 Å². The van der Waals surface area contributed by atoms with Crippen LogP contribution < -0.4 is 5.32 Å². The third-order valence-corrected chi connectivity index (χ3v) is 3.93. The molecule has 1 fully saturated rings. The van der Waals surface area contributed by atoms with Crippen LogP contribution in [0.15, 0.2) is 36.9 Å². The number of nitrogens with zero attached hydrogens (tertiary/aromatic N) is 3. The van der Waals surface area contributed by atoms with E-state index in [1.807, 2.05) is 16.8 Å². The van der Waals surface area contributed by atoms with E-state index in [0.717, 1.165) is 19.4 Å². The lowest BCUT2D eigenvalue weighted by atomic mass is 9.75. The molecule has 0 saturated heterocycles. The standard InChI is InChI=1S/C15H19FN4/c1-11(8-20-10-17-9-18-20)19-15-6-13(7-15)12-2-4-14(16)5-3-12/h2-5,9-11,13,15,19H,6-8H2,1H3/t11-,13?,15?/m1/s1. The van der Waals surface area contributed by atoms with Gasteiger partial charge in [0.1, 0.15) is 18.5 Å². The van der Waals surface area contributed by atoms with E-state index in [4.69, 9.17) is 0 Å². The molecular formula is C15H19FN4. The number of halogens is 1. The van der Waals surface area contributed by atoms with Crippen LogP contribution in [0.25, 0.3) is 0 Å². The van der Waals surface area contributed by atoms with Crippen LogP contribution in [0.3, 0.4) is 0 Å². The Bertz CT molecular complexity index is 532. The van der Waals surface area contributed by atoms with Gasteiger partial charge in [-0.2, -0.15) is 5.10 Å². The maximum Gasteiger partial charge on any atom is 0.137 e. The Labute approximate surface area is 118 Å². The van der Waals surface area contributed by atoms with Gasteiger partial charge in [0.05, 0.1) is 6.54 Å². The van der Waals surface area contributed by atoms with E-state index in [0.29, 0.717) is 18.0 Å². The zero-order valence-electron chi connectivity index (χ0n) is 11.5. The van der Waals surface area contributed by atoms with Gasteiger partial charge >= 0.3 is 0 Å². The van der Waals surface area contributed by atoms with Crippen molar-refractivity contribution in [1.29, 1.82) is 0 Å². The van der Waals surface area contributed by atoms with Crippen LogP contribution in [0, 0.1) is 5.82 Å². The van der Waals surface area contributed by atoms with Gasteiger partial charge in [-0.05, 0) is 43.4 Å². The molecular weight excluding hydrogens is 255 g/mol. The van der Waals surface area contributed by atoms with Crippen LogP contribution in [0.2, 0.25) is 0 Å². The minimum Gasteiger partial charge on any atom is -0.310 e. The second-order valence-electron chi connectivity index (χ2n) is 5.60. The predicted octanol–water partition coefficient (Wildman–Crippen LogP) is 2.34. The molecule has 4 nitrogen and oxygen atoms in total. The minimum absolute atomic E-state index is 0.163. The van der Waals surface area contributed by atoms with Gasteiger partial charge in [0.25, 0.3) is 0 Å². The molecule has 1 aromatic carbocycles. The van der Waals surface area contributed by atoms with E-state index in [1.165, 1.54) is 5.56 Å². The van der Waals surface area contributed by atoms with E-state index in [9.17, 15) is 4.39 Å². The van der Waals surface area contributed by atoms with Crippen molar-refractivity contribution in [3.63, 3.8) is 0 Å².